The lowest BCUT2D eigenvalue weighted by Crippen LogP contribution is -2.40. The van der Waals surface area contributed by atoms with Crippen LogP contribution in [-0.2, 0) is 15.5 Å². The fraction of sp³-hybridized carbons (Fsp3) is 0.391. The van der Waals surface area contributed by atoms with Crippen molar-refractivity contribution < 1.29 is 22.5 Å². The molecule has 0 aliphatic carbocycles. The highest BCUT2D eigenvalue weighted by atomic mass is 31.2. The Kier molecular flexibility index (Phi) is 6.38. The van der Waals surface area contributed by atoms with Crippen LogP contribution in [0.25, 0.3) is 10.9 Å². The molecule has 0 radical (unpaired) electrons. The smallest absolute Gasteiger partial charge is 0.363 e. The fourth-order valence-electron chi connectivity index (χ4n) is 4.07. The summed E-state index contributed by atoms with van der Waals surface area (Å²) in [5.41, 5.74) is 0.733. The van der Waals surface area contributed by atoms with Crippen molar-refractivity contribution in [3.8, 4) is 0 Å². The molecule has 34 heavy (non-hydrogen) atoms. The topological polar surface area (TPSA) is 88.1 Å². The van der Waals surface area contributed by atoms with E-state index in [0.717, 1.165) is 12.1 Å². The highest BCUT2D eigenvalue weighted by Gasteiger charge is 2.33. The molecule has 2 aromatic heterocycles. The number of anilines is 1. The van der Waals surface area contributed by atoms with Crippen LogP contribution in [0.5, 0.6) is 0 Å². The molecule has 1 atom stereocenters. The molecule has 0 unspecified atom stereocenters. The Balaban J connectivity index is 1.67. The maximum atomic E-state index is 13.6. The van der Waals surface area contributed by atoms with Crippen LogP contribution >= 0.6 is 7.14 Å². The lowest BCUT2D eigenvalue weighted by molar-refractivity contribution is -0.137. The van der Waals surface area contributed by atoms with E-state index in [2.05, 4.69) is 20.3 Å². The molecule has 1 saturated heterocycles. The molecular formula is C23H25F3N5O2P. The summed E-state index contributed by atoms with van der Waals surface area (Å²) in [5, 5.41) is 3.79. The summed E-state index contributed by atoms with van der Waals surface area (Å²) in [6.07, 6.45) is -2.18. The molecule has 180 valence electrons. The zero-order valence-corrected chi connectivity index (χ0v) is 20.0. The number of nitrogens with zero attached hydrogens (tertiary/aromatic N) is 4. The van der Waals surface area contributed by atoms with Crippen molar-refractivity contribution >= 4 is 35.2 Å². The third-order valence-electron chi connectivity index (χ3n) is 6.07. The zero-order chi connectivity index (χ0) is 24.7. The van der Waals surface area contributed by atoms with Crippen molar-refractivity contribution in [1.82, 2.24) is 19.9 Å². The van der Waals surface area contributed by atoms with Crippen LogP contribution in [0.15, 0.2) is 36.5 Å². The summed E-state index contributed by atoms with van der Waals surface area (Å²) >= 11 is 0. The Labute approximate surface area is 195 Å². The van der Waals surface area contributed by atoms with Gasteiger partial charge < -0.3 is 14.8 Å². The average Bonchev–Trinajstić information content (AvgIpc) is 2.78. The highest BCUT2D eigenvalue weighted by molar-refractivity contribution is 7.71. The van der Waals surface area contributed by atoms with Crippen LogP contribution in [0.1, 0.15) is 36.8 Å². The highest BCUT2D eigenvalue weighted by Crippen LogP contribution is 2.46. The molecule has 11 heteroatoms. The molecule has 1 amide bonds. The number of alkyl halides is 3. The van der Waals surface area contributed by atoms with E-state index < -0.39 is 24.9 Å². The van der Waals surface area contributed by atoms with Crippen LogP contribution in [-0.4, -0.2) is 51.2 Å². The number of carbonyl (C=O) groups excluding carboxylic acids is 1. The van der Waals surface area contributed by atoms with E-state index in [9.17, 15) is 22.5 Å². The second kappa shape index (κ2) is 8.98. The summed E-state index contributed by atoms with van der Waals surface area (Å²) in [4.78, 5) is 26.6. The maximum Gasteiger partial charge on any atom is 0.416 e. The molecule has 1 aromatic carbocycles. The molecule has 7 nitrogen and oxygen atoms in total. The normalized spacial score (nSPS) is 16.9. The SMILES string of the molecule is CC(=O)N1CCP(=O)(c2cc3c(N[C@H](C)c4cccc(C(F)(F)F)c4)nc(C)nc3cn2)CC1. The van der Waals surface area contributed by atoms with Crippen LogP contribution in [0.2, 0.25) is 0 Å². The van der Waals surface area contributed by atoms with Gasteiger partial charge in [0.05, 0.1) is 17.3 Å². The van der Waals surface area contributed by atoms with Crippen molar-refractivity contribution in [2.45, 2.75) is 33.0 Å². The van der Waals surface area contributed by atoms with Gasteiger partial charge in [-0.1, -0.05) is 12.1 Å². The quantitative estimate of drug-likeness (QED) is 0.546. The van der Waals surface area contributed by atoms with E-state index >= 15 is 0 Å². The minimum atomic E-state index is -4.43. The number of rotatable bonds is 4. The van der Waals surface area contributed by atoms with Crippen molar-refractivity contribution in [3.63, 3.8) is 0 Å². The number of halogens is 3. The molecule has 0 bridgehead atoms. The second-order valence-corrected chi connectivity index (χ2v) is 11.6. The van der Waals surface area contributed by atoms with Crippen LogP contribution in [0, 0.1) is 6.92 Å². The largest absolute Gasteiger partial charge is 0.416 e. The lowest BCUT2D eigenvalue weighted by Gasteiger charge is -2.31. The third kappa shape index (κ3) is 4.92. The second-order valence-electron chi connectivity index (χ2n) is 8.51. The minimum Gasteiger partial charge on any atom is -0.363 e. The van der Waals surface area contributed by atoms with E-state index in [4.69, 9.17) is 0 Å². The zero-order valence-electron chi connectivity index (χ0n) is 19.1. The summed E-state index contributed by atoms with van der Waals surface area (Å²) in [6.45, 7) is 5.78. The Morgan fingerprint density at radius 1 is 1.18 bits per heavy atom. The summed E-state index contributed by atoms with van der Waals surface area (Å²) in [5.74, 6) is 0.865. The number of aromatic nitrogens is 3. The first-order valence-electron chi connectivity index (χ1n) is 10.9. The predicted molar refractivity (Wildman–Crippen MR) is 125 cm³/mol. The monoisotopic (exact) mass is 491 g/mol. The molecule has 4 rings (SSSR count). The first-order chi connectivity index (χ1) is 16.0. The lowest BCUT2D eigenvalue weighted by atomic mass is 10.0. The summed E-state index contributed by atoms with van der Waals surface area (Å²) < 4.78 is 53.1. The first kappa shape index (κ1) is 24.1. The number of carbonyl (C=O) groups is 1. The van der Waals surface area contributed by atoms with Crippen molar-refractivity contribution in [2.24, 2.45) is 0 Å². The number of benzene rings is 1. The molecule has 3 aromatic rings. The van der Waals surface area contributed by atoms with Gasteiger partial charge in [-0.2, -0.15) is 13.2 Å². The maximum absolute atomic E-state index is 13.6. The predicted octanol–water partition coefficient (Wildman–Crippen LogP) is 4.38. The van der Waals surface area contributed by atoms with Gasteiger partial charge >= 0.3 is 6.18 Å². The van der Waals surface area contributed by atoms with Gasteiger partial charge in [0.15, 0.2) is 0 Å². The van der Waals surface area contributed by atoms with Crippen LogP contribution in [0.4, 0.5) is 19.0 Å². The van der Waals surface area contributed by atoms with E-state index in [1.54, 1.807) is 37.1 Å². The minimum absolute atomic E-state index is 0.0448. The van der Waals surface area contributed by atoms with Gasteiger partial charge in [-0.25, -0.2) is 9.97 Å². The van der Waals surface area contributed by atoms with Crippen LogP contribution < -0.4 is 10.8 Å². The number of nitrogens with one attached hydrogen (secondary N) is 1. The van der Waals surface area contributed by atoms with Gasteiger partial charge in [0, 0.05) is 43.8 Å². The van der Waals surface area contributed by atoms with E-state index in [1.165, 1.54) is 13.0 Å². The number of pyridine rings is 1. The molecule has 1 fully saturated rings. The van der Waals surface area contributed by atoms with E-state index in [-0.39, 0.29) is 5.91 Å². The molecule has 1 aliphatic rings. The Hall–Kier alpha value is -3.00. The molecular weight excluding hydrogens is 466 g/mol. The fourth-order valence-corrected chi connectivity index (χ4v) is 6.52. The third-order valence-corrected chi connectivity index (χ3v) is 9.00. The Bertz CT molecular complexity index is 1290. The first-order valence-corrected chi connectivity index (χ1v) is 13.0. The van der Waals surface area contributed by atoms with Gasteiger partial charge in [-0.15, -0.1) is 0 Å². The summed E-state index contributed by atoms with van der Waals surface area (Å²) in [6, 6.07) is 6.37. The Morgan fingerprint density at radius 2 is 1.88 bits per heavy atom. The molecule has 0 saturated carbocycles. The number of aryl methyl sites for hydroxylation is 1. The van der Waals surface area contributed by atoms with E-state index in [0.29, 0.717) is 59.0 Å². The number of hydrogen-bond acceptors (Lipinski definition) is 6. The van der Waals surface area contributed by atoms with Crippen molar-refractivity contribution in [2.75, 3.05) is 30.7 Å². The van der Waals surface area contributed by atoms with E-state index in [1.807, 2.05) is 0 Å². The molecule has 1 aliphatic heterocycles. The number of amides is 1. The summed E-state index contributed by atoms with van der Waals surface area (Å²) in [7, 11) is -2.81. The van der Waals surface area contributed by atoms with Gasteiger partial charge in [0.2, 0.25) is 5.91 Å². The Morgan fingerprint density at radius 3 is 2.53 bits per heavy atom. The van der Waals surface area contributed by atoms with Crippen molar-refractivity contribution in [3.05, 3.63) is 53.5 Å². The van der Waals surface area contributed by atoms with Gasteiger partial charge in [-0.3, -0.25) is 9.78 Å². The standard InChI is InChI=1S/C23H25F3N5O2P/c1-14(17-5-4-6-18(11-17)23(24,25)26)28-22-19-12-21(27-13-20(19)29-15(2)30-22)34(33)9-7-31(8-10-34)16(3)32/h4-6,11-14H,7-10H2,1-3H3,(H,28,29,30)/t14-/m1/s1. The van der Waals surface area contributed by atoms with Crippen molar-refractivity contribution in [1.29, 1.82) is 0 Å². The van der Waals surface area contributed by atoms with Gasteiger partial charge in [0.1, 0.15) is 24.2 Å². The molecule has 3 heterocycles. The molecule has 0 spiro atoms. The number of fused-ring (bicyclic) bond motifs is 1. The van der Waals surface area contributed by atoms with Crippen LogP contribution in [0.3, 0.4) is 0 Å². The number of hydrogen-bond donors (Lipinski definition) is 1. The van der Waals surface area contributed by atoms with Gasteiger partial charge in [-0.05, 0) is 37.6 Å². The molecule has 1 N–H and O–H groups in total. The average molecular weight is 491 g/mol. The van der Waals surface area contributed by atoms with Gasteiger partial charge in [0.25, 0.3) is 0 Å².